The van der Waals surface area contributed by atoms with Crippen LogP contribution >= 0.6 is 0 Å². The van der Waals surface area contributed by atoms with Crippen LogP contribution in [0.15, 0.2) is 0 Å². The van der Waals surface area contributed by atoms with Crippen molar-refractivity contribution in [3.63, 3.8) is 0 Å². The number of carbonyl (C=O) groups is 3. The number of carbonyl (C=O) groups excluding carboxylic acids is 3. The van der Waals surface area contributed by atoms with Crippen LogP contribution in [0.3, 0.4) is 0 Å². The lowest BCUT2D eigenvalue weighted by Gasteiger charge is -2.39. The van der Waals surface area contributed by atoms with Gasteiger partial charge in [-0.25, -0.2) is 4.79 Å². The predicted octanol–water partition coefficient (Wildman–Crippen LogP) is 2.92. The second-order valence-electron chi connectivity index (χ2n) is 10.6. The highest BCUT2D eigenvalue weighted by atomic mass is 16.6. The monoisotopic (exact) mass is 495 g/mol. The number of cyclic esters (lactones) is 1. The van der Waals surface area contributed by atoms with Crippen LogP contribution in [-0.2, 0) is 23.8 Å². The maximum absolute atomic E-state index is 12.7. The zero-order chi connectivity index (χ0) is 25.4. The van der Waals surface area contributed by atoms with E-state index in [1.54, 1.807) is 13.8 Å². The van der Waals surface area contributed by atoms with Crippen molar-refractivity contribution in [2.24, 2.45) is 11.3 Å². The Morgan fingerprint density at radius 3 is 2.31 bits per heavy atom. The minimum Gasteiger partial charge on any atom is -0.466 e. The van der Waals surface area contributed by atoms with Crippen molar-refractivity contribution in [3.05, 3.63) is 0 Å². The lowest BCUT2D eigenvalue weighted by atomic mass is 9.75. The van der Waals surface area contributed by atoms with Gasteiger partial charge in [-0.1, -0.05) is 0 Å². The molecule has 0 bridgehead atoms. The van der Waals surface area contributed by atoms with E-state index in [2.05, 4.69) is 23.6 Å². The molecular formula is C26H45N3O6. The van der Waals surface area contributed by atoms with E-state index < -0.39 is 5.41 Å². The van der Waals surface area contributed by atoms with Crippen molar-refractivity contribution in [3.8, 4) is 0 Å². The summed E-state index contributed by atoms with van der Waals surface area (Å²) in [4.78, 5) is 44.0. The second-order valence-corrected chi connectivity index (χ2v) is 10.6. The third-order valence-corrected chi connectivity index (χ3v) is 7.91. The van der Waals surface area contributed by atoms with Gasteiger partial charge in [0.15, 0.2) is 0 Å². The molecule has 0 spiro atoms. The molecular weight excluding hydrogens is 450 g/mol. The number of likely N-dealkylation sites (tertiary alicyclic amines) is 2. The zero-order valence-electron chi connectivity index (χ0n) is 22.1. The van der Waals surface area contributed by atoms with Crippen LogP contribution in [0.1, 0.15) is 66.2 Å². The number of nitrogens with zero attached hydrogens (tertiary/aromatic N) is 3. The van der Waals surface area contributed by atoms with Gasteiger partial charge in [0.1, 0.15) is 6.10 Å². The van der Waals surface area contributed by atoms with Crippen molar-refractivity contribution in [2.75, 3.05) is 59.0 Å². The minimum absolute atomic E-state index is 0.0514. The molecule has 3 saturated heterocycles. The lowest BCUT2D eigenvalue weighted by molar-refractivity contribution is -0.165. The van der Waals surface area contributed by atoms with Crippen LogP contribution in [0.4, 0.5) is 4.79 Å². The van der Waals surface area contributed by atoms with Crippen LogP contribution in [0, 0.1) is 11.3 Å². The SMILES string of the molecule is CCOC(=O)CC1(C(=O)OCC)CCN(CC2CN(CCC3CCN(C(C)C)CC3)C(=O)O2)CC1. The summed E-state index contributed by atoms with van der Waals surface area (Å²) in [5, 5.41) is 0. The Bertz CT molecular complexity index is 714. The molecule has 0 N–H and O–H groups in total. The number of esters is 2. The summed E-state index contributed by atoms with van der Waals surface area (Å²) >= 11 is 0. The molecule has 3 rings (SSSR count). The van der Waals surface area contributed by atoms with Gasteiger partial charge in [-0.05, 0) is 91.9 Å². The highest BCUT2D eigenvalue weighted by Crippen LogP contribution is 2.37. The first-order valence-corrected chi connectivity index (χ1v) is 13.5. The van der Waals surface area contributed by atoms with E-state index in [-0.39, 0.29) is 37.2 Å². The molecule has 0 aromatic rings. The first kappa shape index (κ1) is 27.7. The molecule has 0 saturated carbocycles. The number of piperidine rings is 2. The van der Waals surface area contributed by atoms with Gasteiger partial charge in [0.2, 0.25) is 0 Å². The Labute approximate surface area is 210 Å². The molecule has 1 amide bonds. The van der Waals surface area contributed by atoms with Gasteiger partial charge in [-0.3, -0.25) is 14.5 Å². The number of ether oxygens (including phenoxy) is 3. The van der Waals surface area contributed by atoms with Gasteiger partial charge in [0, 0.05) is 19.1 Å². The maximum atomic E-state index is 12.7. The average Bonchev–Trinajstić information content (AvgIpc) is 3.18. The zero-order valence-corrected chi connectivity index (χ0v) is 22.1. The molecule has 35 heavy (non-hydrogen) atoms. The molecule has 3 aliphatic heterocycles. The highest BCUT2D eigenvalue weighted by Gasteiger charge is 2.45. The van der Waals surface area contributed by atoms with E-state index in [1.165, 1.54) is 12.8 Å². The number of hydrogen-bond donors (Lipinski definition) is 0. The normalized spacial score (nSPS) is 24.0. The van der Waals surface area contributed by atoms with E-state index in [0.29, 0.717) is 57.6 Å². The quantitative estimate of drug-likeness (QED) is 0.319. The van der Waals surface area contributed by atoms with Crippen LogP contribution in [0.2, 0.25) is 0 Å². The largest absolute Gasteiger partial charge is 0.466 e. The standard InChI is InChI=1S/C26H45N3O6/c1-5-33-23(30)17-26(24(31)34-6-2)10-15-27(16-11-26)18-22-19-29(25(32)35-22)14-9-21-7-12-28(13-8-21)20(3)4/h20-22H,5-19H2,1-4H3. The molecule has 9 nitrogen and oxygen atoms in total. The van der Waals surface area contributed by atoms with E-state index in [4.69, 9.17) is 14.2 Å². The van der Waals surface area contributed by atoms with Crippen LogP contribution in [0.25, 0.3) is 0 Å². The van der Waals surface area contributed by atoms with Crippen molar-refractivity contribution < 1.29 is 28.6 Å². The van der Waals surface area contributed by atoms with Gasteiger partial charge in [-0.2, -0.15) is 0 Å². The first-order valence-electron chi connectivity index (χ1n) is 13.5. The average molecular weight is 496 g/mol. The summed E-state index contributed by atoms with van der Waals surface area (Å²) < 4.78 is 16.1. The Morgan fingerprint density at radius 2 is 1.71 bits per heavy atom. The van der Waals surface area contributed by atoms with E-state index in [0.717, 1.165) is 26.1 Å². The maximum Gasteiger partial charge on any atom is 0.410 e. The predicted molar refractivity (Wildman–Crippen MR) is 132 cm³/mol. The summed E-state index contributed by atoms with van der Waals surface area (Å²) in [6, 6.07) is 0.604. The van der Waals surface area contributed by atoms with Crippen molar-refractivity contribution >= 4 is 18.0 Å². The molecule has 1 unspecified atom stereocenters. The summed E-state index contributed by atoms with van der Waals surface area (Å²) in [7, 11) is 0. The summed E-state index contributed by atoms with van der Waals surface area (Å²) in [6.07, 6.45) is 4.18. The number of hydrogen-bond acceptors (Lipinski definition) is 8. The summed E-state index contributed by atoms with van der Waals surface area (Å²) in [5.74, 6) is 0.00369. The van der Waals surface area contributed by atoms with E-state index >= 15 is 0 Å². The fourth-order valence-corrected chi connectivity index (χ4v) is 5.63. The van der Waals surface area contributed by atoms with Gasteiger partial charge in [0.25, 0.3) is 0 Å². The molecule has 3 heterocycles. The number of amides is 1. The van der Waals surface area contributed by atoms with Gasteiger partial charge in [-0.15, -0.1) is 0 Å². The number of rotatable bonds is 11. The second kappa shape index (κ2) is 12.9. The molecule has 0 aliphatic carbocycles. The first-order chi connectivity index (χ1) is 16.8. The molecule has 3 aliphatic rings. The summed E-state index contributed by atoms with van der Waals surface area (Å²) in [6.45, 7) is 14.2. The van der Waals surface area contributed by atoms with Gasteiger partial charge >= 0.3 is 18.0 Å². The topological polar surface area (TPSA) is 88.6 Å². The van der Waals surface area contributed by atoms with Crippen LogP contribution < -0.4 is 0 Å². The molecule has 0 aromatic carbocycles. The van der Waals surface area contributed by atoms with Crippen LogP contribution in [-0.4, -0.2) is 104 Å². The van der Waals surface area contributed by atoms with Gasteiger partial charge < -0.3 is 24.0 Å². The van der Waals surface area contributed by atoms with Crippen molar-refractivity contribution in [1.29, 1.82) is 0 Å². The smallest absolute Gasteiger partial charge is 0.410 e. The molecule has 200 valence electrons. The van der Waals surface area contributed by atoms with Gasteiger partial charge in [0.05, 0.1) is 31.6 Å². The molecule has 1 atom stereocenters. The third-order valence-electron chi connectivity index (χ3n) is 7.91. The van der Waals surface area contributed by atoms with E-state index in [9.17, 15) is 14.4 Å². The fourth-order valence-electron chi connectivity index (χ4n) is 5.63. The molecule has 3 fully saturated rings. The Kier molecular flexibility index (Phi) is 10.2. The third kappa shape index (κ3) is 7.56. The summed E-state index contributed by atoms with van der Waals surface area (Å²) in [5.41, 5.74) is -0.831. The van der Waals surface area contributed by atoms with Crippen LogP contribution in [0.5, 0.6) is 0 Å². The molecule has 9 heteroatoms. The van der Waals surface area contributed by atoms with Crippen molar-refractivity contribution in [2.45, 2.75) is 78.4 Å². The minimum atomic E-state index is -0.831. The lowest BCUT2D eigenvalue weighted by Crippen LogP contribution is -2.48. The highest BCUT2D eigenvalue weighted by molar-refractivity contribution is 5.83. The Hall–Kier alpha value is -1.87. The van der Waals surface area contributed by atoms with Crippen molar-refractivity contribution in [1.82, 2.24) is 14.7 Å². The molecule has 0 aromatic heterocycles. The Morgan fingerprint density at radius 1 is 1.06 bits per heavy atom. The fraction of sp³-hybridized carbons (Fsp3) is 0.885. The molecule has 0 radical (unpaired) electrons. The van der Waals surface area contributed by atoms with E-state index in [1.807, 2.05) is 4.90 Å². The Balaban J connectivity index is 1.43.